The van der Waals surface area contributed by atoms with Gasteiger partial charge in [-0.3, -0.25) is 9.78 Å². The lowest BCUT2D eigenvalue weighted by atomic mass is 9.79. The standard InChI is InChI=1S/C24H28F4N4O2/c1-34-22(24(26,27)28)13-20(31-14-22)21(33)32-19-12-17(4-5-18(19)25)23(29,9-6-15-2-3-15)16-7-10-30-11-8-16/h4-5,7-8,10-12,15,20,31H,2-3,6,9,13-14,29H2,1H3,(H,32,33)/t20-,22-,23?/m1/s1. The van der Waals surface area contributed by atoms with Gasteiger partial charge in [-0.15, -0.1) is 0 Å². The van der Waals surface area contributed by atoms with E-state index in [1.54, 1.807) is 30.6 Å². The Kier molecular flexibility index (Phi) is 6.67. The number of nitrogens with zero attached hydrogens (tertiary/aromatic N) is 1. The molecule has 6 nitrogen and oxygen atoms in total. The van der Waals surface area contributed by atoms with Crippen molar-refractivity contribution >= 4 is 11.6 Å². The summed E-state index contributed by atoms with van der Waals surface area (Å²) in [7, 11) is 0.959. The van der Waals surface area contributed by atoms with E-state index in [9.17, 15) is 22.4 Å². The Morgan fingerprint density at radius 2 is 1.94 bits per heavy atom. The average molecular weight is 481 g/mol. The van der Waals surface area contributed by atoms with Crippen LogP contribution in [0.1, 0.15) is 43.2 Å². The fourth-order valence-electron chi connectivity index (χ4n) is 4.50. The Morgan fingerprint density at radius 3 is 2.53 bits per heavy atom. The van der Waals surface area contributed by atoms with Gasteiger partial charge >= 0.3 is 6.18 Å². The predicted octanol–water partition coefficient (Wildman–Crippen LogP) is 3.86. The second-order valence-electron chi connectivity index (χ2n) is 9.21. The molecule has 34 heavy (non-hydrogen) atoms. The van der Waals surface area contributed by atoms with E-state index in [4.69, 9.17) is 10.5 Å². The van der Waals surface area contributed by atoms with Crippen molar-refractivity contribution in [2.75, 3.05) is 19.0 Å². The van der Waals surface area contributed by atoms with Crippen molar-refractivity contribution < 1.29 is 27.1 Å². The number of carbonyl (C=O) groups excluding carboxylic acids is 1. The number of hydrogen-bond acceptors (Lipinski definition) is 5. The summed E-state index contributed by atoms with van der Waals surface area (Å²) in [6.45, 7) is -0.567. The number of amides is 1. The van der Waals surface area contributed by atoms with Gasteiger partial charge in [-0.2, -0.15) is 13.2 Å². The van der Waals surface area contributed by atoms with Gasteiger partial charge in [0.25, 0.3) is 0 Å². The van der Waals surface area contributed by atoms with Crippen LogP contribution < -0.4 is 16.4 Å². The number of halogens is 4. The molecular formula is C24H28F4N4O2. The number of pyridine rings is 1. The summed E-state index contributed by atoms with van der Waals surface area (Å²) in [6, 6.07) is 6.66. The maximum Gasteiger partial charge on any atom is 0.418 e. The van der Waals surface area contributed by atoms with Crippen molar-refractivity contribution in [2.24, 2.45) is 11.7 Å². The van der Waals surface area contributed by atoms with E-state index in [1.807, 2.05) is 0 Å². The Labute approximate surface area is 195 Å². The number of alkyl halides is 3. The highest BCUT2D eigenvalue weighted by molar-refractivity contribution is 5.95. The number of hydrogen-bond donors (Lipinski definition) is 3. The average Bonchev–Trinajstić information content (AvgIpc) is 3.53. The van der Waals surface area contributed by atoms with Crippen LogP contribution in [0.2, 0.25) is 0 Å². The van der Waals surface area contributed by atoms with Gasteiger partial charge in [0.1, 0.15) is 5.82 Å². The van der Waals surface area contributed by atoms with Crippen LogP contribution in [-0.2, 0) is 15.1 Å². The molecule has 2 aliphatic rings. The highest BCUT2D eigenvalue weighted by Gasteiger charge is 2.60. The fraction of sp³-hybridized carbons (Fsp3) is 0.500. The molecule has 1 saturated heterocycles. The summed E-state index contributed by atoms with van der Waals surface area (Å²) in [5.41, 5.74) is 4.73. The van der Waals surface area contributed by atoms with Crippen LogP contribution in [0.5, 0.6) is 0 Å². The Morgan fingerprint density at radius 1 is 1.24 bits per heavy atom. The van der Waals surface area contributed by atoms with Gasteiger partial charge in [0.05, 0.1) is 17.3 Å². The van der Waals surface area contributed by atoms with Crippen LogP contribution in [0.15, 0.2) is 42.7 Å². The third-order valence-electron chi connectivity index (χ3n) is 6.97. The summed E-state index contributed by atoms with van der Waals surface area (Å²) in [5.74, 6) is -0.862. The molecular weight excluding hydrogens is 452 g/mol. The minimum atomic E-state index is -4.65. The third-order valence-corrected chi connectivity index (χ3v) is 6.97. The SMILES string of the molecule is CO[C@@]1(C(F)(F)F)CN[C@@H](C(=O)Nc2cc(C(N)(CCC3CC3)c3ccncc3)ccc2F)C1. The normalized spacial score (nSPS) is 24.6. The molecule has 1 aromatic heterocycles. The Balaban J connectivity index is 1.57. The van der Waals surface area contributed by atoms with Crippen LogP contribution in [0, 0.1) is 11.7 Å². The van der Waals surface area contributed by atoms with Crippen molar-refractivity contribution in [3.8, 4) is 0 Å². The maximum absolute atomic E-state index is 14.6. The molecule has 1 unspecified atom stereocenters. The van der Waals surface area contributed by atoms with Crippen molar-refractivity contribution in [3.63, 3.8) is 0 Å². The van der Waals surface area contributed by atoms with E-state index in [0.717, 1.165) is 31.9 Å². The molecule has 0 spiro atoms. The number of ether oxygens (including phenoxy) is 1. The largest absolute Gasteiger partial charge is 0.418 e. The van der Waals surface area contributed by atoms with Crippen molar-refractivity contribution in [1.82, 2.24) is 10.3 Å². The Bertz CT molecular complexity index is 1030. The number of nitrogens with one attached hydrogen (secondary N) is 2. The summed E-state index contributed by atoms with van der Waals surface area (Å²) in [6.07, 6.45) is 1.84. The molecule has 4 rings (SSSR count). The number of benzene rings is 1. The first kappa shape index (κ1) is 24.6. The lowest BCUT2D eigenvalue weighted by Crippen LogP contribution is -2.48. The van der Waals surface area contributed by atoms with Gasteiger partial charge < -0.3 is 21.1 Å². The number of carbonyl (C=O) groups is 1. The fourth-order valence-corrected chi connectivity index (χ4v) is 4.50. The van der Waals surface area contributed by atoms with E-state index in [-0.39, 0.29) is 5.69 Å². The van der Waals surface area contributed by atoms with Gasteiger partial charge in [0.2, 0.25) is 5.91 Å². The highest BCUT2D eigenvalue weighted by Crippen LogP contribution is 2.41. The minimum absolute atomic E-state index is 0.137. The molecule has 4 N–H and O–H groups in total. The molecule has 1 aliphatic carbocycles. The number of aromatic nitrogens is 1. The van der Waals surface area contributed by atoms with Crippen molar-refractivity contribution in [3.05, 3.63) is 59.7 Å². The molecule has 2 fully saturated rings. The van der Waals surface area contributed by atoms with Crippen LogP contribution >= 0.6 is 0 Å². The molecule has 1 amide bonds. The maximum atomic E-state index is 14.6. The second kappa shape index (κ2) is 9.24. The monoisotopic (exact) mass is 480 g/mol. The molecule has 0 radical (unpaired) electrons. The Hall–Kier alpha value is -2.56. The smallest absolute Gasteiger partial charge is 0.367 e. The topological polar surface area (TPSA) is 89.3 Å². The van der Waals surface area contributed by atoms with Gasteiger partial charge in [0.15, 0.2) is 5.60 Å². The molecule has 184 valence electrons. The molecule has 3 atom stereocenters. The van der Waals surface area contributed by atoms with E-state index in [2.05, 4.69) is 15.6 Å². The highest BCUT2D eigenvalue weighted by atomic mass is 19.4. The first-order valence-corrected chi connectivity index (χ1v) is 11.2. The molecule has 10 heteroatoms. The van der Waals surface area contributed by atoms with Gasteiger partial charge in [0, 0.05) is 32.5 Å². The van der Waals surface area contributed by atoms with Gasteiger partial charge in [-0.05, 0) is 54.2 Å². The van der Waals surface area contributed by atoms with Crippen LogP contribution in [0.4, 0.5) is 23.2 Å². The summed E-state index contributed by atoms with van der Waals surface area (Å²) in [4.78, 5) is 16.8. The predicted molar refractivity (Wildman–Crippen MR) is 118 cm³/mol. The number of rotatable bonds is 8. The van der Waals surface area contributed by atoms with Gasteiger partial charge in [-0.25, -0.2) is 4.39 Å². The first-order chi connectivity index (χ1) is 16.1. The quantitative estimate of drug-likeness (QED) is 0.500. The van der Waals surface area contributed by atoms with E-state index in [1.165, 1.54) is 12.1 Å². The minimum Gasteiger partial charge on any atom is -0.367 e. The summed E-state index contributed by atoms with van der Waals surface area (Å²) in [5, 5.41) is 4.98. The van der Waals surface area contributed by atoms with Crippen molar-refractivity contribution in [2.45, 2.75) is 55.5 Å². The molecule has 1 aromatic carbocycles. The van der Waals surface area contributed by atoms with Crippen LogP contribution in [0.25, 0.3) is 0 Å². The second-order valence-corrected chi connectivity index (χ2v) is 9.21. The van der Waals surface area contributed by atoms with Crippen LogP contribution in [0.3, 0.4) is 0 Å². The zero-order valence-electron chi connectivity index (χ0n) is 18.8. The number of nitrogens with two attached hydrogens (primary N) is 1. The van der Waals surface area contributed by atoms with Gasteiger partial charge in [-0.1, -0.05) is 18.9 Å². The lowest BCUT2D eigenvalue weighted by Gasteiger charge is -2.31. The molecule has 2 aromatic rings. The summed E-state index contributed by atoms with van der Waals surface area (Å²) < 4.78 is 59.7. The zero-order valence-corrected chi connectivity index (χ0v) is 18.8. The van der Waals surface area contributed by atoms with E-state index < -0.39 is 48.0 Å². The van der Waals surface area contributed by atoms with Crippen LogP contribution in [-0.4, -0.2) is 42.4 Å². The van der Waals surface area contributed by atoms with E-state index in [0.29, 0.717) is 17.9 Å². The molecule has 1 aliphatic heterocycles. The lowest BCUT2D eigenvalue weighted by molar-refractivity contribution is -0.261. The van der Waals surface area contributed by atoms with Crippen molar-refractivity contribution in [1.29, 1.82) is 0 Å². The third kappa shape index (κ3) is 4.80. The number of methoxy groups -OCH3 is 1. The summed E-state index contributed by atoms with van der Waals surface area (Å²) >= 11 is 0. The zero-order chi connectivity index (χ0) is 24.6. The molecule has 2 heterocycles. The molecule has 0 bridgehead atoms. The number of anilines is 1. The molecule has 1 saturated carbocycles. The first-order valence-electron chi connectivity index (χ1n) is 11.2. The van der Waals surface area contributed by atoms with E-state index >= 15 is 0 Å².